The van der Waals surface area contributed by atoms with E-state index in [1.807, 2.05) is 43.4 Å². The molecule has 1 atom stereocenters. The minimum absolute atomic E-state index is 0.0770. The van der Waals surface area contributed by atoms with E-state index in [0.717, 1.165) is 3.57 Å². The van der Waals surface area contributed by atoms with Crippen LogP contribution >= 0.6 is 22.6 Å². The van der Waals surface area contributed by atoms with E-state index in [4.69, 9.17) is 10.5 Å². The van der Waals surface area contributed by atoms with Gasteiger partial charge in [0, 0.05) is 9.99 Å². The molecule has 0 fully saturated rings. The maximum atomic E-state index is 14.1. The van der Waals surface area contributed by atoms with Crippen molar-refractivity contribution >= 4 is 39.9 Å². The second-order valence-corrected chi connectivity index (χ2v) is 8.44. The molecule has 27 heavy (non-hydrogen) atoms. The molecule has 0 aliphatic carbocycles. The van der Waals surface area contributed by atoms with Gasteiger partial charge in [0.1, 0.15) is 11.4 Å². The molecule has 8 heteroatoms. The third-order valence-electron chi connectivity index (χ3n) is 4.01. The van der Waals surface area contributed by atoms with Crippen LogP contribution in [0.25, 0.3) is 0 Å². The monoisotopic (exact) mass is 487 g/mol. The van der Waals surface area contributed by atoms with Gasteiger partial charge in [-0.25, -0.2) is 4.39 Å². The van der Waals surface area contributed by atoms with E-state index in [-0.39, 0.29) is 34.7 Å². The molecule has 4 N–H and O–H groups in total. The summed E-state index contributed by atoms with van der Waals surface area (Å²) in [5.41, 5.74) is 5.74. The lowest BCUT2D eigenvalue weighted by Gasteiger charge is -2.25. The Morgan fingerprint density at radius 2 is 2.07 bits per heavy atom. The van der Waals surface area contributed by atoms with Gasteiger partial charge in [-0.15, -0.1) is 0 Å². The Kier molecular flexibility index (Phi) is 6.99. The molecule has 1 amide bonds. The molecule has 1 aromatic heterocycles. The minimum Gasteiger partial charge on any atom is -0.491 e. The number of aliphatic hydroxyl groups is 1. The zero-order valence-electron chi connectivity index (χ0n) is 15.4. The van der Waals surface area contributed by atoms with Crippen LogP contribution in [0.3, 0.4) is 0 Å². The molecule has 146 valence electrons. The van der Waals surface area contributed by atoms with Gasteiger partial charge < -0.3 is 20.9 Å². The second kappa shape index (κ2) is 8.83. The third-order valence-corrected chi connectivity index (χ3v) is 4.68. The van der Waals surface area contributed by atoms with E-state index >= 15 is 0 Å². The summed E-state index contributed by atoms with van der Waals surface area (Å²) in [7, 11) is 0. The van der Waals surface area contributed by atoms with Crippen molar-refractivity contribution in [2.45, 2.75) is 33.3 Å². The van der Waals surface area contributed by atoms with Gasteiger partial charge in [-0.3, -0.25) is 9.78 Å². The molecule has 1 unspecified atom stereocenters. The Balaban J connectivity index is 2.22. The van der Waals surface area contributed by atoms with Crippen LogP contribution in [-0.2, 0) is 0 Å². The molecule has 0 bridgehead atoms. The van der Waals surface area contributed by atoms with Crippen molar-refractivity contribution in [2.24, 2.45) is 11.1 Å². The molecule has 0 aliphatic heterocycles. The lowest BCUT2D eigenvalue weighted by Crippen LogP contribution is -2.28. The fourth-order valence-corrected chi connectivity index (χ4v) is 2.80. The van der Waals surface area contributed by atoms with Gasteiger partial charge in [0.05, 0.1) is 36.5 Å². The van der Waals surface area contributed by atoms with Crippen LogP contribution in [0, 0.1) is 14.8 Å². The Hall–Kier alpha value is -1.94. The summed E-state index contributed by atoms with van der Waals surface area (Å²) in [5, 5.41) is 12.9. The van der Waals surface area contributed by atoms with Crippen molar-refractivity contribution < 1.29 is 19.0 Å². The molecule has 0 aliphatic rings. The van der Waals surface area contributed by atoms with Crippen molar-refractivity contribution in [1.29, 1.82) is 0 Å². The SMILES string of the molecule is CC(C)(C)C(O)CCOc1cncc(Nc2ccc(I)cc2F)c1C(N)=O. The van der Waals surface area contributed by atoms with Crippen molar-refractivity contribution in [2.75, 3.05) is 11.9 Å². The summed E-state index contributed by atoms with van der Waals surface area (Å²) in [6.07, 6.45) is 2.57. The van der Waals surface area contributed by atoms with E-state index in [0.29, 0.717) is 6.42 Å². The normalized spacial score (nSPS) is 12.5. The van der Waals surface area contributed by atoms with Crippen LogP contribution in [0.15, 0.2) is 30.6 Å². The number of amides is 1. The highest BCUT2D eigenvalue weighted by Crippen LogP contribution is 2.29. The molecule has 0 saturated heterocycles. The van der Waals surface area contributed by atoms with Crippen LogP contribution in [0.5, 0.6) is 5.75 Å². The third kappa shape index (κ3) is 5.77. The predicted molar refractivity (Wildman–Crippen MR) is 111 cm³/mol. The van der Waals surface area contributed by atoms with Gasteiger partial charge >= 0.3 is 0 Å². The number of nitrogens with two attached hydrogens (primary N) is 1. The fourth-order valence-electron chi connectivity index (χ4n) is 2.35. The number of hydrogen-bond donors (Lipinski definition) is 3. The summed E-state index contributed by atoms with van der Waals surface area (Å²) in [4.78, 5) is 16.0. The average Bonchev–Trinajstić information content (AvgIpc) is 2.56. The van der Waals surface area contributed by atoms with E-state index in [9.17, 15) is 14.3 Å². The standard InChI is InChI=1S/C19H23FIN3O3/c1-19(2,3)16(25)6-7-27-15-10-23-9-14(17(15)18(22)26)24-13-5-4-11(21)8-12(13)20/h4-5,8-10,16,24-25H,6-7H2,1-3H3,(H2,22,26). The van der Waals surface area contributed by atoms with Gasteiger partial charge in [0.2, 0.25) is 0 Å². The maximum Gasteiger partial charge on any atom is 0.254 e. The number of benzene rings is 1. The largest absolute Gasteiger partial charge is 0.491 e. The number of nitrogens with zero attached hydrogens (tertiary/aromatic N) is 1. The smallest absolute Gasteiger partial charge is 0.254 e. The minimum atomic E-state index is -0.725. The van der Waals surface area contributed by atoms with E-state index < -0.39 is 17.8 Å². The number of anilines is 2. The van der Waals surface area contributed by atoms with Crippen LogP contribution in [0.4, 0.5) is 15.8 Å². The molecule has 1 heterocycles. The topological polar surface area (TPSA) is 97.5 Å². The predicted octanol–water partition coefficient (Wildman–Crippen LogP) is 3.84. The summed E-state index contributed by atoms with van der Waals surface area (Å²) in [6, 6.07) is 4.67. The number of aromatic nitrogens is 1. The first-order valence-corrected chi connectivity index (χ1v) is 9.48. The number of ether oxygens (including phenoxy) is 1. The number of hydrogen-bond acceptors (Lipinski definition) is 5. The summed E-state index contributed by atoms with van der Waals surface area (Å²) >= 11 is 2.01. The zero-order chi connectivity index (χ0) is 20.2. The number of aliphatic hydroxyl groups excluding tert-OH is 1. The van der Waals surface area contributed by atoms with Crippen molar-refractivity contribution in [3.8, 4) is 5.75 Å². The van der Waals surface area contributed by atoms with Gasteiger partial charge in [0.25, 0.3) is 5.91 Å². The van der Waals surface area contributed by atoms with Crippen LogP contribution in [0.2, 0.25) is 0 Å². The van der Waals surface area contributed by atoms with Crippen molar-refractivity contribution in [3.05, 3.63) is 45.5 Å². The molecular weight excluding hydrogens is 464 g/mol. The number of nitrogens with one attached hydrogen (secondary N) is 1. The highest BCUT2D eigenvalue weighted by atomic mass is 127. The first-order chi connectivity index (χ1) is 12.6. The van der Waals surface area contributed by atoms with Crippen molar-refractivity contribution in [3.63, 3.8) is 0 Å². The van der Waals surface area contributed by atoms with E-state index in [2.05, 4.69) is 10.3 Å². The fraction of sp³-hybridized carbons (Fsp3) is 0.368. The summed E-state index contributed by atoms with van der Waals surface area (Å²) in [6.45, 7) is 5.96. The average molecular weight is 487 g/mol. The Bertz CT molecular complexity index is 824. The molecule has 0 radical (unpaired) electrons. The number of carbonyl (C=O) groups excluding carboxylic acids is 1. The Labute approximate surface area is 171 Å². The first-order valence-electron chi connectivity index (χ1n) is 8.40. The lowest BCUT2D eigenvalue weighted by atomic mass is 9.87. The molecule has 6 nitrogen and oxygen atoms in total. The van der Waals surface area contributed by atoms with Crippen LogP contribution in [0.1, 0.15) is 37.6 Å². The van der Waals surface area contributed by atoms with Gasteiger partial charge in [0.15, 0.2) is 5.75 Å². The lowest BCUT2D eigenvalue weighted by molar-refractivity contribution is 0.0434. The number of pyridine rings is 1. The van der Waals surface area contributed by atoms with E-state index in [1.54, 1.807) is 12.1 Å². The molecule has 2 rings (SSSR count). The highest BCUT2D eigenvalue weighted by molar-refractivity contribution is 14.1. The zero-order valence-corrected chi connectivity index (χ0v) is 17.6. The number of rotatable bonds is 7. The summed E-state index contributed by atoms with van der Waals surface area (Å²) in [5.74, 6) is -1.01. The molecule has 0 spiro atoms. The molecule has 2 aromatic rings. The molecule has 1 aromatic carbocycles. The quantitative estimate of drug-likeness (QED) is 0.516. The molecule has 0 saturated carbocycles. The Morgan fingerprint density at radius 3 is 2.67 bits per heavy atom. The Morgan fingerprint density at radius 1 is 1.37 bits per heavy atom. The number of halogens is 2. The maximum absolute atomic E-state index is 14.1. The van der Waals surface area contributed by atoms with Gasteiger partial charge in [-0.05, 0) is 46.2 Å². The van der Waals surface area contributed by atoms with E-state index in [1.165, 1.54) is 18.5 Å². The van der Waals surface area contributed by atoms with Crippen molar-refractivity contribution in [1.82, 2.24) is 4.98 Å². The van der Waals surface area contributed by atoms with Gasteiger partial charge in [-0.1, -0.05) is 20.8 Å². The second-order valence-electron chi connectivity index (χ2n) is 7.19. The highest BCUT2D eigenvalue weighted by Gasteiger charge is 2.23. The van der Waals surface area contributed by atoms with Gasteiger partial charge in [-0.2, -0.15) is 0 Å². The summed E-state index contributed by atoms with van der Waals surface area (Å²) < 4.78 is 20.5. The molecular formula is C19H23FIN3O3. The first kappa shape index (κ1) is 21.4. The van der Waals surface area contributed by atoms with Crippen LogP contribution in [-0.4, -0.2) is 28.7 Å². The van der Waals surface area contributed by atoms with Crippen LogP contribution < -0.4 is 15.8 Å². The number of carbonyl (C=O) groups is 1. The number of primary amides is 1.